The summed E-state index contributed by atoms with van der Waals surface area (Å²) in [6.45, 7) is 0. The number of hydrogen-bond donors (Lipinski definition) is 4. The molecule has 0 aliphatic carbocycles. The molecule has 11 nitrogen and oxygen atoms in total. The van der Waals surface area contributed by atoms with Crippen molar-refractivity contribution in [3.8, 4) is 0 Å². The molecule has 1 aliphatic rings. The van der Waals surface area contributed by atoms with Gasteiger partial charge in [-0.15, -0.1) is 0 Å². The van der Waals surface area contributed by atoms with Crippen LogP contribution in [-0.2, 0) is 18.6 Å². The molecular formula is C10H15FN5O6P. The molecule has 0 radical (unpaired) electrons. The molecule has 1 saturated heterocycles. The third-order valence-electron chi connectivity index (χ3n) is 3.11. The van der Waals surface area contributed by atoms with Gasteiger partial charge in [0.15, 0.2) is 12.4 Å². The van der Waals surface area contributed by atoms with Gasteiger partial charge in [0.25, 0.3) is 0 Å². The molecule has 4 atom stereocenters. The van der Waals surface area contributed by atoms with Crippen LogP contribution in [0, 0.1) is 0 Å². The number of nitrogen functional groups attached to an aromatic ring is 1. The Morgan fingerprint density at radius 2 is 2.13 bits per heavy atom. The van der Waals surface area contributed by atoms with Gasteiger partial charge in [-0.1, -0.05) is 0 Å². The average Bonchev–Trinajstić information content (AvgIpc) is 2.81. The van der Waals surface area contributed by atoms with Crippen molar-refractivity contribution in [2.45, 2.75) is 24.6 Å². The molecule has 13 heteroatoms. The van der Waals surface area contributed by atoms with E-state index in [0.29, 0.717) is 0 Å². The van der Waals surface area contributed by atoms with Gasteiger partial charge in [0.1, 0.15) is 18.0 Å². The Balaban J connectivity index is 2.23. The van der Waals surface area contributed by atoms with Crippen LogP contribution in [0.3, 0.4) is 0 Å². The summed E-state index contributed by atoms with van der Waals surface area (Å²) in [6, 6.07) is 1.27. The van der Waals surface area contributed by atoms with Gasteiger partial charge in [-0.2, -0.15) is 4.98 Å². The molecule has 1 aromatic rings. The Bertz CT molecular complexity index is 691. The fraction of sp³-hybridized carbons (Fsp3) is 0.400. The second kappa shape index (κ2) is 6.84. The van der Waals surface area contributed by atoms with E-state index in [1.165, 1.54) is 12.3 Å². The highest BCUT2D eigenvalue weighted by Gasteiger charge is 2.44. The van der Waals surface area contributed by atoms with E-state index in [0.717, 1.165) is 16.5 Å². The lowest BCUT2D eigenvalue weighted by atomic mass is 10.1. The number of hydrogen-bond acceptors (Lipinski definition) is 10. The monoisotopic (exact) mass is 351 g/mol. The predicted molar refractivity (Wildman–Crippen MR) is 75.0 cm³/mol. The summed E-state index contributed by atoms with van der Waals surface area (Å²) in [6.07, 6.45) is -4.12. The maximum atomic E-state index is 14.2. The summed E-state index contributed by atoms with van der Waals surface area (Å²) in [5, 5.41) is 9.83. The average molecular weight is 351 g/mol. The van der Waals surface area contributed by atoms with E-state index in [4.69, 9.17) is 22.3 Å². The van der Waals surface area contributed by atoms with Crippen LogP contribution in [0.1, 0.15) is 6.23 Å². The lowest BCUT2D eigenvalue weighted by molar-refractivity contribution is -0.00688. The molecule has 0 amide bonds. The van der Waals surface area contributed by atoms with E-state index in [2.05, 4.69) is 14.2 Å². The van der Waals surface area contributed by atoms with Crippen molar-refractivity contribution >= 4 is 13.4 Å². The molecule has 1 aromatic heterocycles. The van der Waals surface area contributed by atoms with Gasteiger partial charge in [0, 0.05) is 12.0 Å². The summed E-state index contributed by atoms with van der Waals surface area (Å²) in [5.41, 5.74) is 4.49. The van der Waals surface area contributed by atoms with E-state index in [9.17, 15) is 18.9 Å². The van der Waals surface area contributed by atoms with Gasteiger partial charge in [-0.25, -0.2) is 30.2 Å². The molecule has 2 rings (SSSR count). The van der Waals surface area contributed by atoms with Crippen LogP contribution >= 0.6 is 7.60 Å². The van der Waals surface area contributed by atoms with Gasteiger partial charge in [-0.3, -0.25) is 9.13 Å². The molecule has 7 N–H and O–H groups in total. The molecule has 0 aromatic carbocycles. The second-order valence-electron chi connectivity index (χ2n) is 4.56. The van der Waals surface area contributed by atoms with Crippen LogP contribution in [0.4, 0.5) is 10.2 Å². The molecular weight excluding hydrogens is 336 g/mol. The molecule has 128 valence electrons. The number of ether oxygens (including phenoxy) is 1. The maximum absolute atomic E-state index is 14.2. The highest BCUT2D eigenvalue weighted by molar-refractivity contribution is 7.57. The minimum atomic E-state index is -3.92. The Morgan fingerprint density at radius 3 is 2.70 bits per heavy atom. The fourth-order valence-corrected chi connectivity index (χ4v) is 2.52. The quantitative estimate of drug-likeness (QED) is 0.376. The topological polar surface area (TPSA) is 178 Å². The van der Waals surface area contributed by atoms with E-state index in [1.54, 1.807) is 0 Å². The summed E-state index contributed by atoms with van der Waals surface area (Å²) in [5.74, 6) is 10.3. The van der Waals surface area contributed by atoms with Crippen LogP contribution in [0.15, 0.2) is 29.0 Å². The molecule has 1 aliphatic heterocycles. The highest BCUT2D eigenvalue weighted by Crippen LogP contribution is 2.46. The lowest BCUT2D eigenvalue weighted by Gasteiger charge is -2.15. The van der Waals surface area contributed by atoms with Crippen molar-refractivity contribution in [1.29, 1.82) is 0 Å². The Morgan fingerprint density at radius 1 is 1.48 bits per heavy atom. The van der Waals surface area contributed by atoms with Gasteiger partial charge in [0.05, 0.1) is 0 Å². The standard InChI is InChI=1S/C10H15FN5O6P/c11-7-8(17)5(2-4-23(19,21-13)22-14)20-9(7)16-3-1-6(12)15-10(16)18/h1-5,7-9,17H,13-14H2,(H2,12,15,18)/t5-,7-,8-,9-/m1/s1. The summed E-state index contributed by atoms with van der Waals surface area (Å²) in [4.78, 5) is 15.1. The Hall–Kier alpha value is -1.66. The molecule has 0 bridgehead atoms. The van der Waals surface area contributed by atoms with Crippen molar-refractivity contribution in [1.82, 2.24) is 9.55 Å². The minimum absolute atomic E-state index is 0.0437. The Labute approximate surface area is 128 Å². The summed E-state index contributed by atoms with van der Waals surface area (Å²) in [7, 11) is -3.92. The van der Waals surface area contributed by atoms with E-state index >= 15 is 0 Å². The van der Waals surface area contributed by atoms with E-state index in [-0.39, 0.29) is 5.82 Å². The third kappa shape index (κ3) is 3.64. The smallest absolute Gasteiger partial charge is 0.386 e. The highest BCUT2D eigenvalue weighted by atomic mass is 31.2. The predicted octanol–water partition coefficient (Wildman–Crippen LogP) is -1.09. The van der Waals surface area contributed by atoms with Crippen molar-refractivity contribution in [2.24, 2.45) is 11.8 Å². The van der Waals surface area contributed by atoms with Crippen LogP contribution in [0.2, 0.25) is 0 Å². The summed E-state index contributed by atoms with van der Waals surface area (Å²) >= 11 is 0. The van der Waals surface area contributed by atoms with Gasteiger partial charge in [-0.05, 0) is 12.1 Å². The molecule has 1 fully saturated rings. The van der Waals surface area contributed by atoms with E-state index in [1.807, 2.05) is 0 Å². The molecule has 0 spiro atoms. The summed E-state index contributed by atoms with van der Waals surface area (Å²) < 4.78 is 40.0. The third-order valence-corrected chi connectivity index (χ3v) is 4.23. The number of aliphatic hydroxyl groups is 1. The van der Waals surface area contributed by atoms with Gasteiger partial charge >= 0.3 is 13.3 Å². The number of anilines is 1. The number of aromatic nitrogens is 2. The largest absolute Gasteiger partial charge is 0.387 e. The molecule has 23 heavy (non-hydrogen) atoms. The van der Waals surface area contributed by atoms with Crippen molar-refractivity contribution in [3.63, 3.8) is 0 Å². The molecule has 0 unspecified atom stereocenters. The number of alkyl halides is 1. The van der Waals surface area contributed by atoms with Crippen LogP contribution < -0.4 is 23.2 Å². The first-order valence-electron chi connectivity index (χ1n) is 6.19. The van der Waals surface area contributed by atoms with Gasteiger partial charge in [0.2, 0.25) is 0 Å². The zero-order valence-electron chi connectivity index (χ0n) is 11.6. The zero-order valence-corrected chi connectivity index (χ0v) is 12.5. The van der Waals surface area contributed by atoms with Crippen molar-refractivity contribution < 1.29 is 28.0 Å². The van der Waals surface area contributed by atoms with Crippen LogP contribution in [-0.4, -0.2) is 33.0 Å². The number of rotatable bonds is 5. The van der Waals surface area contributed by atoms with Crippen LogP contribution in [0.25, 0.3) is 0 Å². The van der Waals surface area contributed by atoms with Crippen LogP contribution in [0.5, 0.6) is 0 Å². The second-order valence-corrected chi connectivity index (χ2v) is 6.36. The minimum Gasteiger partial charge on any atom is -0.387 e. The molecule has 2 heterocycles. The lowest BCUT2D eigenvalue weighted by Crippen LogP contribution is -2.33. The SMILES string of the molecule is NOP(=O)(C=C[C@H]1O[C@@H](n2ccc(N)nc2=O)[C@H](F)[C@@H]1O)ON. The Kier molecular flexibility index (Phi) is 5.26. The fourth-order valence-electron chi connectivity index (χ4n) is 1.95. The first kappa shape index (κ1) is 17.7. The van der Waals surface area contributed by atoms with E-state index < -0.39 is 37.9 Å². The number of aliphatic hydroxyl groups excluding tert-OH is 1. The van der Waals surface area contributed by atoms with Gasteiger partial charge < -0.3 is 15.6 Å². The normalized spacial score (nSPS) is 28.5. The maximum Gasteiger partial charge on any atom is 0.386 e. The first-order valence-corrected chi connectivity index (χ1v) is 7.81. The van der Waals surface area contributed by atoms with Crippen molar-refractivity contribution in [3.05, 3.63) is 34.6 Å². The molecule has 0 saturated carbocycles. The number of halogens is 1. The van der Waals surface area contributed by atoms with Crippen molar-refractivity contribution in [2.75, 3.05) is 5.73 Å². The number of nitrogens with two attached hydrogens (primary N) is 3. The first-order chi connectivity index (χ1) is 10.8. The number of nitrogens with zero attached hydrogens (tertiary/aromatic N) is 2. The zero-order chi connectivity index (χ0) is 17.2.